The maximum atomic E-state index is 12.6. The van der Waals surface area contributed by atoms with Crippen LogP contribution >= 0.6 is 0 Å². The van der Waals surface area contributed by atoms with Crippen molar-refractivity contribution in [2.75, 3.05) is 20.3 Å². The SMILES string of the molecule is CCOc1ccc(C2C(C)NNC2NC(=O)CCc2ccc(OC)cc2)cc1OCC. The maximum absolute atomic E-state index is 12.6. The summed E-state index contributed by atoms with van der Waals surface area (Å²) in [5, 5.41) is 3.13. The van der Waals surface area contributed by atoms with Crippen LogP contribution in [0.25, 0.3) is 0 Å². The highest BCUT2D eigenvalue weighted by Gasteiger charge is 2.35. The third-order valence-corrected chi connectivity index (χ3v) is 5.43. The highest BCUT2D eigenvalue weighted by molar-refractivity contribution is 5.76. The Morgan fingerprint density at radius 3 is 2.39 bits per heavy atom. The van der Waals surface area contributed by atoms with Gasteiger partial charge in [0.15, 0.2) is 11.5 Å². The Balaban J connectivity index is 1.65. The predicted octanol–water partition coefficient (Wildman–Crippen LogP) is 3.15. The van der Waals surface area contributed by atoms with Crippen LogP contribution in [0.5, 0.6) is 17.2 Å². The summed E-state index contributed by atoms with van der Waals surface area (Å²) in [6.07, 6.45) is 0.873. The fourth-order valence-electron chi connectivity index (χ4n) is 3.87. The second kappa shape index (κ2) is 11.0. The molecular formula is C24H33N3O4. The molecule has 1 heterocycles. The number of benzene rings is 2. The van der Waals surface area contributed by atoms with Crippen LogP contribution in [0.1, 0.15) is 44.2 Å². The lowest BCUT2D eigenvalue weighted by atomic mass is 9.91. The average Bonchev–Trinajstić information content (AvgIpc) is 3.14. The summed E-state index contributed by atoms with van der Waals surface area (Å²) < 4.78 is 16.6. The molecule has 3 unspecified atom stereocenters. The molecule has 0 spiro atoms. The third-order valence-electron chi connectivity index (χ3n) is 5.43. The van der Waals surface area contributed by atoms with E-state index < -0.39 is 0 Å². The molecule has 2 aromatic carbocycles. The number of hydrogen-bond acceptors (Lipinski definition) is 6. The van der Waals surface area contributed by atoms with Crippen LogP contribution in [0.2, 0.25) is 0 Å². The molecule has 7 heteroatoms. The number of amides is 1. The summed E-state index contributed by atoms with van der Waals surface area (Å²) in [5.41, 5.74) is 8.65. The number of carbonyl (C=O) groups excluding carboxylic acids is 1. The van der Waals surface area contributed by atoms with E-state index in [-0.39, 0.29) is 24.0 Å². The Bertz CT molecular complexity index is 856. The lowest BCUT2D eigenvalue weighted by Crippen LogP contribution is -2.46. The highest BCUT2D eigenvalue weighted by Crippen LogP contribution is 2.34. The van der Waals surface area contributed by atoms with Crippen LogP contribution in [-0.4, -0.2) is 38.4 Å². The average molecular weight is 428 g/mol. The highest BCUT2D eigenvalue weighted by atomic mass is 16.5. The van der Waals surface area contributed by atoms with E-state index >= 15 is 0 Å². The second-order valence-electron chi connectivity index (χ2n) is 7.57. The van der Waals surface area contributed by atoms with Gasteiger partial charge in [-0.1, -0.05) is 18.2 Å². The smallest absolute Gasteiger partial charge is 0.221 e. The first-order chi connectivity index (χ1) is 15.0. The Morgan fingerprint density at radius 2 is 1.71 bits per heavy atom. The van der Waals surface area contributed by atoms with Gasteiger partial charge in [-0.05, 0) is 62.6 Å². The molecule has 3 N–H and O–H groups in total. The van der Waals surface area contributed by atoms with E-state index in [4.69, 9.17) is 14.2 Å². The number of aryl methyl sites for hydroxylation is 1. The number of nitrogens with one attached hydrogen (secondary N) is 3. The number of ether oxygens (including phenoxy) is 3. The topological polar surface area (TPSA) is 80.9 Å². The van der Waals surface area contributed by atoms with E-state index in [0.717, 1.165) is 28.4 Å². The van der Waals surface area contributed by atoms with Crippen molar-refractivity contribution in [1.29, 1.82) is 0 Å². The number of carbonyl (C=O) groups is 1. The van der Waals surface area contributed by atoms with E-state index in [1.54, 1.807) is 7.11 Å². The van der Waals surface area contributed by atoms with Crippen molar-refractivity contribution in [2.45, 2.75) is 51.7 Å². The summed E-state index contributed by atoms with van der Waals surface area (Å²) in [4.78, 5) is 12.6. The molecule has 7 nitrogen and oxygen atoms in total. The van der Waals surface area contributed by atoms with Gasteiger partial charge in [0.05, 0.1) is 20.3 Å². The van der Waals surface area contributed by atoms with Crippen LogP contribution < -0.4 is 30.4 Å². The van der Waals surface area contributed by atoms with Gasteiger partial charge in [-0.15, -0.1) is 0 Å². The van der Waals surface area contributed by atoms with E-state index in [9.17, 15) is 4.79 Å². The molecule has 1 aliphatic heterocycles. The molecule has 1 aliphatic rings. The molecule has 3 rings (SSSR count). The van der Waals surface area contributed by atoms with Crippen molar-refractivity contribution >= 4 is 5.91 Å². The Hall–Kier alpha value is -2.77. The van der Waals surface area contributed by atoms with Crippen molar-refractivity contribution in [3.63, 3.8) is 0 Å². The lowest BCUT2D eigenvalue weighted by Gasteiger charge is -2.23. The van der Waals surface area contributed by atoms with Crippen molar-refractivity contribution in [3.8, 4) is 17.2 Å². The van der Waals surface area contributed by atoms with Crippen molar-refractivity contribution in [3.05, 3.63) is 53.6 Å². The van der Waals surface area contributed by atoms with Gasteiger partial charge < -0.3 is 19.5 Å². The van der Waals surface area contributed by atoms with Crippen LogP contribution in [0.4, 0.5) is 0 Å². The predicted molar refractivity (Wildman–Crippen MR) is 121 cm³/mol. The van der Waals surface area contributed by atoms with Gasteiger partial charge in [0.25, 0.3) is 0 Å². The largest absolute Gasteiger partial charge is 0.497 e. The Kier molecular flexibility index (Phi) is 8.14. The van der Waals surface area contributed by atoms with E-state index in [1.165, 1.54) is 0 Å². The van der Waals surface area contributed by atoms with Crippen LogP contribution in [0, 0.1) is 0 Å². The minimum absolute atomic E-state index is 0.00480. The summed E-state index contributed by atoms with van der Waals surface area (Å²) in [6, 6.07) is 13.9. The first-order valence-electron chi connectivity index (χ1n) is 10.9. The summed E-state index contributed by atoms with van der Waals surface area (Å²) in [5.74, 6) is 2.34. The van der Waals surface area contributed by atoms with Crippen LogP contribution in [0.15, 0.2) is 42.5 Å². The third kappa shape index (κ3) is 5.89. The number of methoxy groups -OCH3 is 1. The van der Waals surface area contributed by atoms with E-state index in [1.807, 2.05) is 56.3 Å². The molecule has 0 saturated carbocycles. The minimum atomic E-state index is -0.217. The summed E-state index contributed by atoms with van der Waals surface area (Å²) in [7, 11) is 1.64. The molecular weight excluding hydrogens is 394 g/mol. The fraction of sp³-hybridized carbons (Fsp3) is 0.458. The minimum Gasteiger partial charge on any atom is -0.497 e. The monoisotopic (exact) mass is 427 g/mol. The molecule has 2 aromatic rings. The molecule has 3 atom stereocenters. The molecule has 1 fully saturated rings. The van der Waals surface area contributed by atoms with Crippen molar-refractivity contribution in [1.82, 2.24) is 16.2 Å². The number of hydrogen-bond donors (Lipinski definition) is 3. The molecule has 168 valence electrons. The molecule has 1 saturated heterocycles. The van der Waals surface area contributed by atoms with Gasteiger partial charge in [0.1, 0.15) is 11.9 Å². The van der Waals surface area contributed by atoms with Crippen molar-refractivity contribution in [2.24, 2.45) is 0 Å². The first kappa shape index (κ1) is 22.9. The van der Waals surface area contributed by atoms with E-state index in [2.05, 4.69) is 23.1 Å². The molecule has 0 aromatic heterocycles. The summed E-state index contributed by atoms with van der Waals surface area (Å²) in [6.45, 7) is 7.14. The Morgan fingerprint density at radius 1 is 1.00 bits per heavy atom. The van der Waals surface area contributed by atoms with Gasteiger partial charge >= 0.3 is 0 Å². The molecule has 31 heavy (non-hydrogen) atoms. The van der Waals surface area contributed by atoms with Gasteiger partial charge in [-0.3, -0.25) is 10.2 Å². The zero-order valence-corrected chi connectivity index (χ0v) is 18.7. The molecule has 1 amide bonds. The number of hydrazine groups is 1. The molecule has 0 aliphatic carbocycles. The first-order valence-corrected chi connectivity index (χ1v) is 10.9. The van der Waals surface area contributed by atoms with Crippen LogP contribution in [-0.2, 0) is 11.2 Å². The zero-order valence-electron chi connectivity index (χ0n) is 18.7. The maximum Gasteiger partial charge on any atom is 0.221 e. The van der Waals surface area contributed by atoms with Crippen LogP contribution in [0.3, 0.4) is 0 Å². The van der Waals surface area contributed by atoms with Gasteiger partial charge in [-0.25, -0.2) is 5.43 Å². The second-order valence-corrected chi connectivity index (χ2v) is 7.57. The summed E-state index contributed by atoms with van der Waals surface area (Å²) >= 11 is 0. The number of rotatable bonds is 10. The normalized spacial score (nSPS) is 20.3. The van der Waals surface area contributed by atoms with Gasteiger partial charge in [0, 0.05) is 18.4 Å². The van der Waals surface area contributed by atoms with Crippen molar-refractivity contribution < 1.29 is 19.0 Å². The molecule has 0 radical (unpaired) electrons. The van der Waals surface area contributed by atoms with E-state index in [0.29, 0.717) is 26.1 Å². The Labute approximate surface area is 184 Å². The fourth-order valence-corrected chi connectivity index (χ4v) is 3.87. The standard InChI is InChI=1S/C24H33N3O4/c1-5-30-20-13-10-18(15-21(20)31-6-2)23-16(3)26-27-24(23)25-22(28)14-9-17-7-11-19(29-4)12-8-17/h7-8,10-13,15-16,23-24,26-27H,5-6,9,14H2,1-4H3,(H,25,28). The quantitative estimate of drug-likeness (QED) is 0.541. The zero-order chi connectivity index (χ0) is 22.2. The lowest BCUT2D eigenvalue weighted by molar-refractivity contribution is -0.122. The van der Waals surface area contributed by atoms with Gasteiger partial charge in [-0.2, -0.15) is 0 Å². The van der Waals surface area contributed by atoms with Gasteiger partial charge in [0.2, 0.25) is 5.91 Å². The molecule has 0 bridgehead atoms.